The highest BCUT2D eigenvalue weighted by Gasteiger charge is 2.40. The number of pyridine rings is 1. The first-order valence-electron chi connectivity index (χ1n) is 7.82. The third kappa shape index (κ3) is 2.23. The topological polar surface area (TPSA) is 59.2 Å². The summed E-state index contributed by atoms with van der Waals surface area (Å²) in [5, 5.41) is 0. The highest BCUT2D eigenvalue weighted by atomic mass is 19.1. The second-order valence-corrected chi connectivity index (χ2v) is 6.50. The molecule has 2 N–H and O–H groups in total. The van der Waals surface area contributed by atoms with E-state index in [1.54, 1.807) is 30.4 Å². The van der Waals surface area contributed by atoms with E-state index in [1.807, 2.05) is 6.07 Å². The molecule has 4 rings (SSSR count). The monoisotopic (exact) mass is 311 g/mol. The fourth-order valence-corrected chi connectivity index (χ4v) is 3.28. The van der Waals surface area contributed by atoms with Crippen LogP contribution in [0.3, 0.4) is 0 Å². The Hall–Kier alpha value is -2.27. The molecular weight excluding hydrogens is 293 g/mol. The lowest BCUT2D eigenvalue weighted by atomic mass is 9.93. The first kappa shape index (κ1) is 14.3. The summed E-state index contributed by atoms with van der Waals surface area (Å²) in [5.41, 5.74) is 9.61. The zero-order valence-corrected chi connectivity index (χ0v) is 13.0. The Morgan fingerprint density at radius 3 is 2.78 bits per heavy atom. The van der Waals surface area contributed by atoms with Gasteiger partial charge in [-0.2, -0.15) is 0 Å². The molecule has 1 aromatic heterocycles. The molecule has 23 heavy (non-hydrogen) atoms. The van der Waals surface area contributed by atoms with Gasteiger partial charge in [-0.25, -0.2) is 4.39 Å². The van der Waals surface area contributed by atoms with Gasteiger partial charge in [-0.15, -0.1) is 0 Å². The second-order valence-electron chi connectivity index (χ2n) is 6.50. The molecule has 4 nitrogen and oxygen atoms in total. The van der Waals surface area contributed by atoms with Crippen LogP contribution in [0.25, 0.3) is 11.1 Å². The van der Waals surface area contributed by atoms with Crippen molar-refractivity contribution >= 4 is 11.6 Å². The van der Waals surface area contributed by atoms with Crippen LogP contribution < -0.4 is 10.6 Å². The number of hydrogen-bond donors (Lipinski definition) is 1. The Labute approximate surface area is 134 Å². The Morgan fingerprint density at radius 2 is 2.04 bits per heavy atom. The maximum atomic E-state index is 14.6. The van der Waals surface area contributed by atoms with E-state index in [-0.39, 0.29) is 17.3 Å². The number of fused-ring (bicyclic) bond motifs is 1. The zero-order chi connectivity index (χ0) is 16.2. The summed E-state index contributed by atoms with van der Waals surface area (Å²) in [6.45, 7) is 0. The first-order chi connectivity index (χ1) is 11.0. The number of anilines is 1. The fourth-order valence-electron chi connectivity index (χ4n) is 3.28. The predicted molar refractivity (Wildman–Crippen MR) is 86.5 cm³/mol. The second kappa shape index (κ2) is 4.86. The molecule has 1 fully saturated rings. The van der Waals surface area contributed by atoms with Crippen molar-refractivity contribution in [1.29, 1.82) is 0 Å². The molecule has 0 atom stereocenters. The largest absolute Gasteiger partial charge is 0.321 e. The van der Waals surface area contributed by atoms with Crippen LogP contribution in [-0.2, 0) is 16.8 Å². The van der Waals surface area contributed by atoms with Gasteiger partial charge in [0, 0.05) is 42.5 Å². The minimum atomic E-state index is -0.342. The fraction of sp³-hybridized carbons (Fsp3) is 0.333. The van der Waals surface area contributed by atoms with Crippen molar-refractivity contribution in [2.24, 2.45) is 5.73 Å². The van der Waals surface area contributed by atoms with Gasteiger partial charge in [0.05, 0.1) is 5.69 Å². The molecule has 0 saturated heterocycles. The van der Waals surface area contributed by atoms with Gasteiger partial charge in [0.2, 0.25) is 5.91 Å². The van der Waals surface area contributed by atoms with Crippen molar-refractivity contribution < 1.29 is 9.18 Å². The van der Waals surface area contributed by atoms with Crippen molar-refractivity contribution in [2.75, 3.05) is 11.9 Å². The van der Waals surface area contributed by atoms with Gasteiger partial charge in [-0.1, -0.05) is 6.07 Å². The highest BCUT2D eigenvalue weighted by Crippen LogP contribution is 2.45. The Morgan fingerprint density at radius 1 is 1.26 bits per heavy atom. The number of benzene rings is 1. The molecule has 1 aromatic carbocycles. The van der Waals surface area contributed by atoms with E-state index in [0.29, 0.717) is 29.7 Å². The third-order valence-corrected chi connectivity index (χ3v) is 4.92. The lowest BCUT2D eigenvalue weighted by molar-refractivity contribution is -0.118. The van der Waals surface area contributed by atoms with Crippen molar-refractivity contribution in [3.8, 4) is 11.1 Å². The Balaban J connectivity index is 1.91. The van der Waals surface area contributed by atoms with E-state index in [1.165, 1.54) is 6.07 Å². The summed E-state index contributed by atoms with van der Waals surface area (Å²) in [5.74, 6) is -0.336. The summed E-state index contributed by atoms with van der Waals surface area (Å²) in [4.78, 5) is 17.9. The van der Waals surface area contributed by atoms with Crippen molar-refractivity contribution in [2.45, 2.75) is 31.2 Å². The normalized spacial score (nSPS) is 18.7. The lowest BCUT2D eigenvalue weighted by Crippen LogP contribution is -2.32. The predicted octanol–water partition coefficient (Wildman–Crippen LogP) is 2.74. The quantitative estimate of drug-likeness (QED) is 0.927. The summed E-state index contributed by atoms with van der Waals surface area (Å²) in [6.07, 6.45) is 6.33. The molecule has 0 unspecified atom stereocenters. The van der Waals surface area contributed by atoms with Crippen LogP contribution in [0.4, 0.5) is 10.1 Å². The molecule has 1 aliphatic carbocycles. The van der Waals surface area contributed by atoms with Crippen LogP contribution in [-0.4, -0.2) is 17.9 Å². The number of carbonyl (C=O) groups excluding carboxylic acids is 1. The molecule has 2 aromatic rings. The minimum absolute atomic E-state index is 0.00551. The SMILES string of the molecule is CN1C(=O)CCc2ccc(F)c(-c3cncc(C4(N)CC4)c3)c21. The number of nitrogens with zero attached hydrogens (tertiary/aromatic N) is 2. The number of amides is 1. The van der Waals surface area contributed by atoms with Gasteiger partial charge in [-0.05, 0) is 42.5 Å². The average molecular weight is 311 g/mol. The van der Waals surface area contributed by atoms with Crippen LogP contribution in [0.1, 0.15) is 30.4 Å². The Bertz CT molecular complexity index is 814. The number of aryl methyl sites for hydroxylation is 1. The number of rotatable bonds is 2. The highest BCUT2D eigenvalue weighted by molar-refractivity contribution is 6.00. The molecule has 2 heterocycles. The van der Waals surface area contributed by atoms with Crippen LogP contribution in [0.15, 0.2) is 30.6 Å². The number of halogens is 1. The molecule has 5 heteroatoms. The summed E-state index contributed by atoms with van der Waals surface area (Å²) in [7, 11) is 1.70. The van der Waals surface area contributed by atoms with Crippen LogP contribution >= 0.6 is 0 Å². The van der Waals surface area contributed by atoms with Gasteiger partial charge < -0.3 is 10.6 Å². The molecule has 0 radical (unpaired) electrons. The summed E-state index contributed by atoms with van der Waals surface area (Å²) in [6, 6.07) is 5.14. The van der Waals surface area contributed by atoms with Gasteiger partial charge in [0.1, 0.15) is 5.82 Å². The number of nitrogens with two attached hydrogens (primary N) is 1. The molecular formula is C18H18FN3O. The molecule has 2 aliphatic rings. The van der Waals surface area contributed by atoms with Crippen molar-refractivity contribution in [3.05, 3.63) is 47.5 Å². The molecule has 1 amide bonds. The minimum Gasteiger partial charge on any atom is -0.321 e. The van der Waals surface area contributed by atoms with Crippen LogP contribution in [0, 0.1) is 5.82 Å². The maximum Gasteiger partial charge on any atom is 0.227 e. The molecule has 1 aliphatic heterocycles. The van der Waals surface area contributed by atoms with Gasteiger partial charge >= 0.3 is 0 Å². The van der Waals surface area contributed by atoms with Crippen LogP contribution in [0.5, 0.6) is 0 Å². The summed E-state index contributed by atoms with van der Waals surface area (Å²) >= 11 is 0. The third-order valence-electron chi connectivity index (χ3n) is 4.92. The van der Waals surface area contributed by atoms with Crippen LogP contribution in [0.2, 0.25) is 0 Å². The lowest BCUT2D eigenvalue weighted by Gasteiger charge is -2.28. The van der Waals surface area contributed by atoms with E-state index < -0.39 is 0 Å². The standard InChI is InChI=1S/C18H18FN3O/c1-22-15(23)5-3-11-2-4-14(19)16(17(11)22)12-8-13(10-21-9-12)18(20)6-7-18/h2,4,8-10H,3,5-7,20H2,1H3. The number of hydrogen-bond acceptors (Lipinski definition) is 3. The number of aromatic nitrogens is 1. The molecule has 0 spiro atoms. The van der Waals surface area contributed by atoms with Gasteiger partial charge in [-0.3, -0.25) is 9.78 Å². The maximum absolute atomic E-state index is 14.6. The molecule has 0 bridgehead atoms. The zero-order valence-electron chi connectivity index (χ0n) is 13.0. The summed E-state index contributed by atoms with van der Waals surface area (Å²) < 4.78 is 14.6. The first-order valence-corrected chi connectivity index (χ1v) is 7.82. The molecule has 1 saturated carbocycles. The van der Waals surface area contributed by atoms with E-state index in [9.17, 15) is 9.18 Å². The van der Waals surface area contributed by atoms with E-state index in [4.69, 9.17) is 5.73 Å². The molecule has 118 valence electrons. The van der Waals surface area contributed by atoms with E-state index in [0.717, 1.165) is 24.0 Å². The van der Waals surface area contributed by atoms with E-state index in [2.05, 4.69) is 4.98 Å². The average Bonchev–Trinajstić information content (AvgIpc) is 3.30. The van der Waals surface area contributed by atoms with E-state index >= 15 is 0 Å². The smallest absolute Gasteiger partial charge is 0.227 e. The van der Waals surface area contributed by atoms with Crippen molar-refractivity contribution in [3.63, 3.8) is 0 Å². The van der Waals surface area contributed by atoms with Gasteiger partial charge in [0.15, 0.2) is 0 Å². The van der Waals surface area contributed by atoms with Gasteiger partial charge in [0.25, 0.3) is 0 Å². The Kier molecular flexibility index (Phi) is 3.03. The number of carbonyl (C=O) groups is 1. The van der Waals surface area contributed by atoms with Crippen molar-refractivity contribution in [1.82, 2.24) is 4.98 Å².